The van der Waals surface area contributed by atoms with Crippen molar-refractivity contribution in [2.45, 2.75) is 44.9 Å². The van der Waals surface area contributed by atoms with Crippen molar-refractivity contribution < 1.29 is 0 Å². The van der Waals surface area contributed by atoms with Gasteiger partial charge in [-0.05, 0) is 51.4 Å². The Hall–Kier alpha value is -0.540. The number of allylic oxidation sites excluding steroid dienone is 1. The van der Waals surface area contributed by atoms with Crippen molar-refractivity contribution in [2.75, 3.05) is 19.6 Å². The fraction of sp³-hybridized carbons (Fsp3) is 0.833. The van der Waals surface area contributed by atoms with Crippen LogP contribution in [0.4, 0.5) is 0 Å². The van der Waals surface area contributed by atoms with Crippen molar-refractivity contribution in [1.82, 2.24) is 5.32 Å². The molecule has 0 amide bonds. The lowest BCUT2D eigenvalue weighted by Gasteiger charge is -1.94. The molecule has 0 aliphatic carbocycles. The number of rotatable bonds is 5. The Kier molecular flexibility index (Phi) is 13.0. The molecule has 0 saturated carbocycles. The van der Waals surface area contributed by atoms with E-state index in [1.165, 1.54) is 32.1 Å². The minimum absolute atomic E-state index is 0.824. The predicted molar refractivity (Wildman–Crippen MR) is 67.6 cm³/mol. The molecule has 15 heavy (non-hydrogen) atoms. The molecule has 1 rings (SSSR count). The Morgan fingerprint density at radius 1 is 0.933 bits per heavy atom. The topological polar surface area (TPSA) is 64.1 Å². The molecule has 3 nitrogen and oxygen atoms in total. The van der Waals surface area contributed by atoms with E-state index in [2.05, 4.69) is 11.4 Å². The van der Waals surface area contributed by atoms with Gasteiger partial charge in [-0.2, -0.15) is 0 Å². The van der Waals surface area contributed by atoms with E-state index in [1.54, 1.807) is 0 Å². The maximum absolute atomic E-state index is 5.28. The van der Waals surface area contributed by atoms with Crippen LogP contribution in [0.15, 0.2) is 12.3 Å². The fourth-order valence-corrected chi connectivity index (χ4v) is 1.38. The second-order valence-electron chi connectivity index (χ2n) is 3.84. The molecule has 0 saturated heterocycles. The van der Waals surface area contributed by atoms with E-state index >= 15 is 0 Å². The molecule has 0 bridgehead atoms. The highest BCUT2D eigenvalue weighted by Crippen LogP contribution is 1.97. The molecule has 3 heteroatoms. The molecule has 1 aliphatic rings. The van der Waals surface area contributed by atoms with E-state index in [0.29, 0.717) is 0 Å². The van der Waals surface area contributed by atoms with E-state index < -0.39 is 0 Å². The average molecular weight is 213 g/mol. The Labute approximate surface area is 94.3 Å². The van der Waals surface area contributed by atoms with Gasteiger partial charge in [0, 0.05) is 6.54 Å². The summed E-state index contributed by atoms with van der Waals surface area (Å²) < 4.78 is 0. The average Bonchev–Trinajstić information content (AvgIpc) is 2.57. The van der Waals surface area contributed by atoms with Crippen molar-refractivity contribution in [1.29, 1.82) is 0 Å². The zero-order valence-electron chi connectivity index (χ0n) is 9.88. The van der Waals surface area contributed by atoms with Gasteiger partial charge in [0.2, 0.25) is 0 Å². The summed E-state index contributed by atoms with van der Waals surface area (Å²) in [5, 5.41) is 3.17. The number of hydrogen-bond donors (Lipinski definition) is 3. The Morgan fingerprint density at radius 2 is 1.60 bits per heavy atom. The summed E-state index contributed by atoms with van der Waals surface area (Å²) in [6, 6.07) is 0. The molecule has 0 aromatic heterocycles. The van der Waals surface area contributed by atoms with Crippen LogP contribution < -0.4 is 16.8 Å². The van der Waals surface area contributed by atoms with Crippen molar-refractivity contribution >= 4 is 0 Å². The lowest BCUT2D eigenvalue weighted by atomic mass is 10.2. The molecule has 1 heterocycles. The van der Waals surface area contributed by atoms with Gasteiger partial charge < -0.3 is 16.8 Å². The molecule has 90 valence electrons. The molecule has 0 unspecified atom stereocenters. The molecular weight excluding hydrogens is 186 g/mol. The molecule has 0 atom stereocenters. The van der Waals surface area contributed by atoms with Crippen LogP contribution >= 0.6 is 0 Å². The van der Waals surface area contributed by atoms with Crippen LogP contribution in [0.1, 0.15) is 44.9 Å². The van der Waals surface area contributed by atoms with Gasteiger partial charge in [0.1, 0.15) is 0 Å². The third-order valence-corrected chi connectivity index (χ3v) is 2.34. The summed E-state index contributed by atoms with van der Waals surface area (Å²) in [4.78, 5) is 0. The molecule has 0 aromatic carbocycles. The lowest BCUT2D eigenvalue weighted by Crippen LogP contribution is -2.03. The highest BCUT2D eigenvalue weighted by atomic mass is 14.8. The first-order valence-corrected chi connectivity index (χ1v) is 6.20. The molecule has 1 aliphatic heterocycles. The number of unbranched alkanes of at least 4 members (excludes halogenated alkanes) is 3. The quantitative estimate of drug-likeness (QED) is 0.610. The van der Waals surface area contributed by atoms with Crippen LogP contribution in [-0.2, 0) is 0 Å². The summed E-state index contributed by atoms with van der Waals surface area (Å²) in [7, 11) is 0. The summed E-state index contributed by atoms with van der Waals surface area (Å²) >= 11 is 0. The molecule has 0 radical (unpaired) electrons. The van der Waals surface area contributed by atoms with Crippen LogP contribution in [0.2, 0.25) is 0 Å². The molecule has 0 spiro atoms. The van der Waals surface area contributed by atoms with Gasteiger partial charge >= 0.3 is 0 Å². The van der Waals surface area contributed by atoms with E-state index in [-0.39, 0.29) is 0 Å². The van der Waals surface area contributed by atoms with Crippen molar-refractivity contribution in [3.8, 4) is 0 Å². The first kappa shape index (κ1) is 14.5. The maximum atomic E-state index is 5.28. The van der Waals surface area contributed by atoms with Gasteiger partial charge in [0.25, 0.3) is 0 Å². The van der Waals surface area contributed by atoms with Gasteiger partial charge in [-0.15, -0.1) is 0 Å². The van der Waals surface area contributed by atoms with Crippen LogP contribution in [0.25, 0.3) is 0 Å². The lowest BCUT2D eigenvalue weighted by molar-refractivity contribution is 0.653. The number of nitrogens with two attached hydrogens (primary N) is 2. The Morgan fingerprint density at radius 3 is 2.20 bits per heavy atom. The van der Waals surface area contributed by atoms with Gasteiger partial charge in [-0.1, -0.05) is 18.9 Å². The third-order valence-electron chi connectivity index (χ3n) is 2.34. The number of hydrogen-bond acceptors (Lipinski definition) is 3. The van der Waals surface area contributed by atoms with Crippen LogP contribution in [0.3, 0.4) is 0 Å². The molecular formula is C12H27N3. The van der Waals surface area contributed by atoms with E-state index in [1.807, 2.05) is 6.20 Å². The van der Waals surface area contributed by atoms with Crippen molar-refractivity contribution in [3.05, 3.63) is 12.3 Å². The van der Waals surface area contributed by atoms with E-state index in [0.717, 1.165) is 32.5 Å². The smallest absolute Gasteiger partial charge is 0.0141 e. The normalized spacial score (nSPS) is 14.8. The first-order valence-electron chi connectivity index (χ1n) is 6.20. The van der Waals surface area contributed by atoms with Crippen LogP contribution in [-0.4, -0.2) is 19.6 Å². The maximum Gasteiger partial charge on any atom is 0.0141 e. The van der Waals surface area contributed by atoms with Crippen LogP contribution in [0, 0.1) is 0 Å². The molecule has 0 fully saturated rings. The summed E-state index contributed by atoms with van der Waals surface area (Å²) in [6.07, 6.45) is 13.0. The highest BCUT2D eigenvalue weighted by Gasteiger charge is 1.87. The standard InChI is InChI=1S/C6H16N2.C6H11N/c7-5-3-1-2-4-6-8;1-2-4-6-7-5-3-1/h1-8H2;3,5,7H,1-2,4,6H2. The third kappa shape index (κ3) is 13.5. The van der Waals surface area contributed by atoms with Crippen molar-refractivity contribution in [3.63, 3.8) is 0 Å². The molecule has 5 N–H and O–H groups in total. The van der Waals surface area contributed by atoms with Crippen LogP contribution in [0.5, 0.6) is 0 Å². The fourth-order valence-electron chi connectivity index (χ4n) is 1.38. The van der Waals surface area contributed by atoms with E-state index in [9.17, 15) is 0 Å². The van der Waals surface area contributed by atoms with Gasteiger partial charge in [-0.25, -0.2) is 0 Å². The zero-order chi connectivity index (χ0) is 11.2. The first-order chi connectivity index (χ1) is 7.41. The highest BCUT2D eigenvalue weighted by molar-refractivity contribution is 4.81. The summed E-state index contributed by atoms with van der Waals surface area (Å²) in [5.41, 5.74) is 10.6. The van der Waals surface area contributed by atoms with Crippen molar-refractivity contribution in [2.24, 2.45) is 11.5 Å². The van der Waals surface area contributed by atoms with Gasteiger partial charge in [0.05, 0.1) is 0 Å². The monoisotopic (exact) mass is 213 g/mol. The second-order valence-corrected chi connectivity index (χ2v) is 3.84. The summed E-state index contributed by atoms with van der Waals surface area (Å²) in [5.74, 6) is 0. The molecule has 0 aromatic rings. The van der Waals surface area contributed by atoms with Gasteiger partial charge in [-0.3, -0.25) is 0 Å². The predicted octanol–water partition coefficient (Wildman–Crippen LogP) is 1.74. The Bertz CT molecular complexity index is 121. The number of nitrogens with one attached hydrogen (secondary N) is 1. The SMILES string of the molecule is C1=CNCCCC1.NCCCCCCN. The second kappa shape index (κ2) is 13.5. The largest absolute Gasteiger partial charge is 0.391 e. The zero-order valence-corrected chi connectivity index (χ0v) is 9.88. The Balaban J connectivity index is 0.000000262. The minimum Gasteiger partial charge on any atom is -0.391 e. The minimum atomic E-state index is 0.824. The van der Waals surface area contributed by atoms with E-state index in [4.69, 9.17) is 11.5 Å². The summed E-state index contributed by atoms with van der Waals surface area (Å²) in [6.45, 7) is 2.81. The van der Waals surface area contributed by atoms with Gasteiger partial charge in [0.15, 0.2) is 0 Å².